The van der Waals surface area contributed by atoms with E-state index in [9.17, 15) is 14.7 Å². The molecule has 0 radical (unpaired) electrons. The number of hydrogen-bond donors (Lipinski definition) is 2. The van der Waals surface area contributed by atoms with E-state index >= 15 is 0 Å². The number of aromatic hydroxyl groups is 1. The number of rotatable bonds is 3. The van der Waals surface area contributed by atoms with Crippen LogP contribution in [0.3, 0.4) is 0 Å². The number of phenolic OH excluding ortho intramolecular Hbond substituents is 1. The van der Waals surface area contributed by atoms with Crippen molar-refractivity contribution in [2.75, 3.05) is 0 Å². The molecule has 1 aliphatic rings. The van der Waals surface area contributed by atoms with Crippen molar-refractivity contribution in [3.8, 4) is 5.75 Å². The van der Waals surface area contributed by atoms with Crippen molar-refractivity contribution in [3.63, 3.8) is 0 Å². The molecule has 3 rings (SSSR count). The number of benzene rings is 2. The summed E-state index contributed by atoms with van der Waals surface area (Å²) in [5, 5.41) is 11.7. The SMILES string of the molecule is O=C1NC(=O)c2cc(CCc3cccc(O)c3)ccc21. The van der Waals surface area contributed by atoms with Gasteiger partial charge in [0.2, 0.25) is 0 Å². The molecule has 0 spiro atoms. The van der Waals surface area contributed by atoms with Gasteiger partial charge in [0.25, 0.3) is 11.8 Å². The Morgan fingerprint density at radius 2 is 1.55 bits per heavy atom. The highest BCUT2D eigenvalue weighted by atomic mass is 16.3. The standard InChI is InChI=1S/C16H13NO3/c18-12-3-1-2-10(8-12)4-5-11-6-7-13-14(9-11)16(20)17-15(13)19/h1-3,6-9,18H,4-5H2,(H,17,19,20). The lowest BCUT2D eigenvalue weighted by Gasteiger charge is -2.04. The van der Waals surface area contributed by atoms with E-state index < -0.39 is 0 Å². The van der Waals surface area contributed by atoms with Crippen molar-refractivity contribution in [2.24, 2.45) is 0 Å². The summed E-state index contributed by atoms with van der Waals surface area (Å²) in [5.74, 6) is -0.407. The molecule has 0 atom stereocenters. The van der Waals surface area contributed by atoms with Gasteiger partial charge < -0.3 is 5.11 Å². The van der Waals surface area contributed by atoms with E-state index in [0.717, 1.165) is 24.0 Å². The largest absolute Gasteiger partial charge is 0.508 e. The summed E-state index contributed by atoms with van der Waals surface area (Å²) in [6.45, 7) is 0. The third-order valence-corrected chi connectivity index (χ3v) is 3.41. The molecule has 0 bridgehead atoms. The Kier molecular flexibility index (Phi) is 2.99. The summed E-state index contributed by atoms with van der Waals surface area (Å²) < 4.78 is 0. The molecule has 20 heavy (non-hydrogen) atoms. The van der Waals surface area contributed by atoms with Gasteiger partial charge in [-0.1, -0.05) is 18.2 Å². The van der Waals surface area contributed by atoms with Crippen LogP contribution in [0.5, 0.6) is 5.75 Å². The predicted octanol–water partition coefficient (Wildman–Crippen LogP) is 2.06. The topological polar surface area (TPSA) is 66.4 Å². The number of carbonyl (C=O) groups excluding carboxylic acids is 2. The normalized spacial score (nSPS) is 13.2. The Hall–Kier alpha value is -2.62. The molecule has 0 saturated heterocycles. The smallest absolute Gasteiger partial charge is 0.258 e. The van der Waals surface area contributed by atoms with Crippen molar-refractivity contribution >= 4 is 11.8 Å². The molecule has 2 N–H and O–H groups in total. The molecule has 0 unspecified atom stereocenters. The van der Waals surface area contributed by atoms with Crippen LogP contribution in [-0.2, 0) is 12.8 Å². The lowest BCUT2D eigenvalue weighted by Crippen LogP contribution is -2.19. The molecule has 100 valence electrons. The highest BCUT2D eigenvalue weighted by Crippen LogP contribution is 2.19. The minimum absolute atomic E-state index is 0.251. The fourth-order valence-corrected chi connectivity index (χ4v) is 2.37. The van der Waals surface area contributed by atoms with Crippen LogP contribution < -0.4 is 5.32 Å². The van der Waals surface area contributed by atoms with Crippen molar-refractivity contribution in [1.82, 2.24) is 5.32 Å². The average molecular weight is 267 g/mol. The van der Waals surface area contributed by atoms with E-state index in [2.05, 4.69) is 5.32 Å². The molecule has 4 heteroatoms. The van der Waals surface area contributed by atoms with Gasteiger partial charge in [0.05, 0.1) is 11.1 Å². The monoisotopic (exact) mass is 267 g/mol. The highest BCUT2D eigenvalue weighted by Gasteiger charge is 2.26. The van der Waals surface area contributed by atoms with Crippen LogP contribution in [0.4, 0.5) is 0 Å². The third-order valence-electron chi connectivity index (χ3n) is 3.41. The molecular weight excluding hydrogens is 254 g/mol. The summed E-state index contributed by atoms with van der Waals surface area (Å²) in [5.41, 5.74) is 2.92. The van der Waals surface area contributed by atoms with Gasteiger partial charge in [0.1, 0.15) is 5.75 Å². The number of aryl methyl sites for hydroxylation is 2. The zero-order valence-electron chi connectivity index (χ0n) is 10.7. The van der Waals surface area contributed by atoms with Crippen LogP contribution >= 0.6 is 0 Å². The summed E-state index contributed by atoms with van der Waals surface area (Å²) in [7, 11) is 0. The number of hydrogen-bond acceptors (Lipinski definition) is 3. The Bertz CT molecular complexity index is 707. The maximum atomic E-state index is 11.6. The number of imide groups is 1. The summed E-state index contributed by atoms with van der Waals surface area (Å²) >= 11 is 0. The van der Waals surface area contributed by atoms with Gasteiger partial charge in [0, 0.05) is 0 Å². The number of fused-ring (bicyclic) bond motifs is 1. The molecule has 4 nitrogen and oxygen atoms in total. The minimum Gasteiger partial charge on any atom is -0.508 e. The van der Waals surface area contributed by atoms with E-state index in [-0.39, 0.29) is 17.6 Å². The first kappa shape index (κ1) is 12.4. The van der Waals surface area contributed by atoms with Gasteiger partial charge >= 0.3 is 0 Å². The lowest BCUT2D eigenvalue weighted by atomic mass is 10.00. The van der Waals surface area contributed by atoms with Crippen LogP contribution in [0.2, 0.25) is 0 Å². The third kappa shape index (κ3) is 2.28. The quantitative estimate of drug-likeness (QED) is 0.836. The Morgan fingerprint density at radius 3 is 2.30 bits per heavy atom. The summed E-state index contributed by atoms with van der Waals surface area (Å²) in [6.07, 6.45) is 1.51. The van der Waals surface area contributed by atoms with Crippen molar-refractivity contribution in [1.29, 1.82) is 0 Å². The Morgan fingerprint density at radius 1 is 0.850 bits per heavy atom. The van der Waals surface area contributed by atoms with Crippen LogP contribution in [0, 0.1) is 0 Å². The number of amides is 2. The Balaban J connectivity index is 1.78. The van der Waals surface area contributed by atoms with E-state index in [1.165, 1.54) is 0 Å². The first-order valence-electron chi connectivity index (χ1n) is 6.40. The van der Waals surface area contributed by atoms with E-state index in [0.29, 0.717) is 11.1 Å². The fourth-order valence-electron chi connectivity index (χ4n) is 2.37. The van der Waals surface area contributed by atoms with Gasteiger partial charge in [-0.05, 0) is 48.2 Å². The number of carbonyl (C=O) groups is 2. The molecule has 0 fully saturated rings. The summed E-state index contributed by atoms with van der Waals surface area (Å²) in [6, 6.07) is 12.4. The van der Waals surface area contributed by atoms with Crippen molar-refractivity contribution in [2.45, 2.75) is 12.8 Å². The van der Waals surface area contributed by atoms with Crippen LogP contribution in [0.1, 0.15) is 31.8 Å². The first-order valence-corrected chi connectivity index (χ1v) is 6.40. The second-order valence-corrected chi connectivity index (χ2v) is 4.83. The van der Waals surface area contributed by atoms with E-state index in [1.807, 2.05) is 12.1 Å². The van der Waals surface area contributed by atoms with Crippen LogP contribution in [0.15, 0.2) is 42.5 Å². The highest BCUT2D eigenvalue weighted by molar-refractivity contribution is 6.21. The minimum atomic E-state index is -0.329. The van der Waals surface area contributed by atoms with Gasteiger partial charge in [-0.25, -0.2) is 0 Å². The second-order valence-electron chi connectivity index (χ2n) is 4.83. The molecule has 0 saturated carbocycles. The number of phenols is 1. The summed E-state index contributed by atoms with van der Waals surface area (Å²) in [4.78, 5) is 23.0. The van der Waals surface area contributed by atoms with Crippen LogP contribution in [-0.4, -0.2) is 16.9 Å². The van der Waals surface area contributed by atoms with Crippen molar-refractivity contribution < 1.29 is 14.7 Å². The average Bonchev–Trinajstić information content (AvgIpc) is 2.72. The van der Waals surface area contributed by atoms with Gasteiger partial charge in [0.15, 0.2) is 0 Å². The molecule has 2 aromatic carbocycles. The molecular formula is C16H13NO3. The van der Waals surface area contributed by atoms with Gasteiger partial charge in [-0.3, -0.25) is 14.9 Å². The molecule has 2 amide bonds. The van der Waals surface area contributed by atoms with E-state index in [4.69, 9.17) is 0 Å². The first-order chi connectivity index (χ1) is 9.63. The molecule has 2 aromatic rings. The van der Waals surface area contributed by atoms with Gasteiger partial charge in [-0.2, -0.15) is 0 Å². The number of nitrogens with one attached hydrogen (secondary N) is 1. The second kappa shape index (κ2) is 4.81. The maximum absolute atomic E-state index is 11.6. The fraction of sp³-hybridized carbons (Fsp3) is 0.125. The predicted molar refractivity (Wildman–Crippen MR) is 73.8 cm³/mol. The molecule has 1 heterocycles. The lowest BCUT2D eigenvalue weighted by molar-refractivity contribution is 0.0879. The zero-order valence-corrected chi connectivity index (χ0v) is 10.7. The molecule has 0 aliphatic carbocycles. The van der Waals surface area contributed by atoms with Crippen LogP contribution in [0.25, 0.3) is 0 Å². The molecule has 0 aromatic heterocycles. The molecule has 1 aliphatic heterocycles. The Labute approximate surface area is 116 Å². The van der Waals surface area contributed by atoms with Gasteiger partial charge in [-0.15, -0.1) is 0 Å². The zero-order chi connectivity index (χ0) is 14.1. The maximum Gasteiger partial charge on any atom is 0.258 e. The van der Waals surface area contributed by atoms with E-state index in [1.54, 1.807) is 30.3 Å². The van der Waals surface area contributed by atoms with Crippen molar-refractivity contribution in [3.05, 3.63) is 64.7 Å².